The Morgan fingerprint density at radius 3 is 2.83 bits per heavy atom. The average Bonchev–Trinajstić information content (AvgIpc) is 2.32. The van der Waals surface area contributed by atoms with Crippen LogP contribution in [0.15, 0.2) is 28.7 Å². The van der Waals surface area contributed by atoms with Crippen LogP contribution in [0, 0.1) is 11.3 Å². The fraction of sp³-hybridized carbons (Fsp3) is 0.533. The van der Waals surface area contributed by atoms with Gasteiger partial charge in [-0.3, -0.25) is 4.79 Å². The quantitative estimate of drug-likeness (QED) is 0.905. The second-order valence-corrected chi connectivity index (χ2v) is 6.41. The van der Waals surface area contributed by atoms with Gasteiger partial charge in [0.25, 0.3) is 0 Å². The lowest BCUT2D eigenvalue weighted by Gasteiger charge is -2.36. The molecule has 2 rings (SSSR count). The number of aliphatic carboxylic acids is 1. The number of carboxylic acid groups (broad SMARTS) is 1. The number of hydrogen-bond acceptors (Lipinski definition) is 1. The van der Waals surface area contributed by atoms with Gasteiger partial charge in [-0.25, -0.2) is 0 Å². The molecule has 0 radical (unpaired) electrons. The van der Waals surface area contributed by atoms with Gasteiger partial charge >= 0.3 is 5.97 Å². The van der Waals surface area contributed by atoms with Crippen molar-refractivity contribution in [1.29, 1.82) is 0 Å². The van der Waals surface area contributed by atoms with Crippen molar-refractivity contribution in [3.63, 3.8) is 0 Å². The van der Waals surface area contributed by atoms with E-state index in [1.54, 1.807) is 0 Å². The van der Waals surface area contributed by atoms with Crippen molar-refractivity contribution < 1.29 is 9.90 Å². The second kappa shape index (κ2) is 5.43. The molecule has 1 aromatic rings. The van der Waals surface area contributed by atoms with Crippen molar-refractivity contribution in [2.75, 3.05) is 0 Å². The molecular weight excluding hydrogens is 292 g/mol. The van der Waals surface area contributed by atoms with Gasteiger partial charge in [-0.05, 0) is 36.8 Å². The van der Waals surface area contributed by atoms with Crippen LogP contribution in [0.25, 0.3) is 0 Å². The largest absolute Gasteiger partial charge is 0.481 e. The van der Waals surface area contributed by atoms with Crippen molar-refractivity contribution in [1.82, 2.24) is 0 Å². The molecule has 1 N–H and O–H groups in total. The number of hydrogen-bond donors (Lipinski definition) is 1. The van der Waals surface area contributed by atoms with Gasteiger partial charge in [0.1, 0.15) is 0 Å². The van der Waals surface area contributed by atoms with E-state index in [1.165, 1.54) is 0 Å². The molecule has 1 fully saturated rings. The Balaban J connectivity index is 2.26. The van der Waals surface area contributed by atoms with E-state index in [2.05, 4.69) is 22.9 Å². The van der Waals surface area contributed by atoms with Crippen LogP contribution in [0.1, 0.15) is 38.2 Å². The summed E-state index contributed by atoms with van der Waals surface area (Å²) in [5.74, 6) is -0.123. The minimum atomic E-state index is -0.634. The molecule has 2 nitrogen and oxygen atoms in total. The van der Waals surface area contributed by atoms with Crippen LogP contribution in [0.5, 0.6) is 0 Å². The van der Waals surface area contributed by atoms with E-state index in [9.17, 15) is 9.90 Å². The molecule has 0 amide bonds. The van der Waals surface area contributed by atoms with E-state index < -0.39 is 11.4 Å². The van der Waals surface area contributed by atoms with Crippen LogP contribution >= 0.6 is 15.9 Å². The molecule has 2 atom stereocenters. The minimum absolute atomic E-state index is 0.511. The third kappa shape index (κ3) is 2.77. The highest BCUT2D eigenvalue weighted by molar-refractivity contribution is 9.10. The lowest BCUT2D eigenvalue weighted by atomic mass is 9.67. The van der Waals surface area contributed by atoms with Crippen molar-refractivity contribution in [2.24, 2.45) is 11.3 Å². The standard InChI is InChI=1S/C15H19BrO2/c1-11-5-4-8-15(9-11,14(17)18)10-12-6-2-3-7-13(12)16/h2-3,6-7,11H,4-5,8-10H2,1H3,(H,17,18). The molecule has 98 valence electrons. The Labute approximate surface area is 117 Å². The Morgan fingerprint density at radius 2 is 2.22 bits per heavy atom. The first-order valence-electron chi connectivity index (χ1n) is 6.50. The van der Waals surface area contributed by atoms with E-state index >= 15 is 0 Å². The maximum Gasteiger partial charge on any atom is 0.309 e. The van der Waals surface area contributed by atoms with Gasteiger partial charge in [-0.2, -0.15) is 0 Å². The van der Waals surface area contributed by atoms with Gasteiger partial charge in [0, 0.05) is 4.47 Å². The molecule has 2 unspecified atom stereocenters. The van der Waals surface area contributed by atoms with Crippen molar-refractivity contribution in [2.45, 2.75) is 39.0 Å². The van der Waals surface area contributed by atoms with Gasteiger partial charge in [-0.1, -0.05) is 53.9 Å². The Bertz CT molecular complexity index is 444. The Hall–Kier alpha value is -0.830. The predicted octanol–water partition coefficient (Wildman–Crippen LogP) is 4.27. The van der Waals surface area contributed by atoms with Crippen molar-refractivity contribution >= 4 is 21.9 Å². The van der Waals surface area contributed by atoms with Crippen molar-refractivity contribution in [3.8, 4) is 0 Å². The highest BCUT2D eigenvalue weighted by atomic mass is 79.9. The maximum atomic E-state index is 11.7. The van der Waals surface area contributed by atoms with Crippen LogP contribution < -0.4 is 0 Å². The molecular formula is C15H19BrO2. The number of halogens is 1. The highest BCUT2D eigenvalue weighted by Gasteiger charge is 2.42. The molecule has 0 saturated heterocycles. The first-order valence-corrected chi connectivity index (χ1v) is 7.30. The number of carboxylic acids is 1. The van der Waals surface area contributed by atoms with Crippen LogP contribution in [-0.2, 0) is 11.2 Å². The SMILES string of the molecule is CC1CCCC(Cc2ccccc2Br)(C(=O)O)C1. The zero-order valence-corrected chi connectivity index (χ0v) is 12.2. The zero-order valence-electron chi connectivity index (χ0n) is 10.7. The topological polar surface area (TPSA) is 37.3 Å². The van der Waals surface area contributed by atoms with Gasteiger partial charge in [0.2, 0.25) is 0 Å². The van der Waals surface area contributed by atoms with Crippen LogP contribution in [0.3, 0.4) is 0 Å². The number of carbonyl (C=O) groups is 1. The third-order valence-electron chi connectivity index (χ3n) is 4.03. The summed E-state index contributed by atoms with van der Waals surface area (Å²) in [6.07, 6.45) is 4.41. The minimum Gasteiger partial charge on any atom is -0.481 e. The molecule has 18 heavy (non-hydrogen) atoms. The normalized spacial score (nSPS) is 28.0. The molecule has 0 aromatic heterocycles. The second-order valence-electron chi connectivity index (χ2n) is 5.56. The predicted molar refractivity (Wildman–Crippen MR) is 75.5 cm³/mol. The molecule has 1 aliphatic carbocycles. The summed E-state index contributed by atoms with van der Waals surface area (Å²) in [7, 11) is 0. The lowest BCUT2D eigenvalue weighted by Crippen LogP contribution is -2.38. The summed E-state index contributed by atoms with van der Waals surface area (Å²) in [5, 5.41) is 9.64. The van der Waals surface area contributed by atoms with E-state index in [4.69, 9.17) is 0 Å². The fourth-order valence-corrected chi connectivity index (χ4v) is 3.52. The smallest absolute Gasteiger partial charge is 0.309 e. The molecule has 0 spiro atoms. The Morgan fingerprint density at radius 1 is 1.50 bits per heavy atom. The summed E-state index contributed by atoms with van der Waals surface area (Å²) < 4.78 is 1.02. The van der Waals surface area contributed by atoms with Gasteiger partial charge in [-0.15, -0.1) is 0 Å². The molecule has 1 aliphatic rings. The summed E-state index contributed by atoms with van der Waals surface area (Å²) in [5.41, 5.74) is 0.538. The maximum absolute atomic E-state index is 11.7. The fourth-order valence-electron chi connectivity index (χ4n) is 3.10. The van der Waals surface area contributed by atoms with E-state index in [1.807, 2.05) is 24.3 Å². The van der Waals surface area contributed by atoms with Gasteiger partial charge < -0.3 is 5.11 Å². The summed E-state index contributed by atoms with van der Waals surface area (Å²) in [6, 6.07) is 7.94. The van der Waals surface area contributed by atoms with Gasteiger partial charge in [0.05, 0.1) is 5.41 Å². The summed E-state index contributed by atoms with van der Waals surface area (Å²) in [4.78, 5) is 11.7. The van der Waals surface area contributed by atoms with Crippen LogP contribution in [0.4, 0.5) is 0 Å². The highest BCUT2D eigenvalue weighted by Crippen LogP contribution is 2.43. The molecule has 3 heteroatoms. The lowest BCUT2D eigenvalue weighted by molar-refractivity contribution is -0.152. The molecule has 1 aromatic carbocycles. The molecule has 1 saturated carbocycles. The zero-order chi connectivity index (χ0) is 13.2. The van der Waals surface area contributed by atoms with Crippen LogP contribution in [-0.4, -0.2) is 11.1 Å². The molecule has 0 bridgehead atoms. The first kappa shape index (κ1) is 13.6. The van der Waals surface area contributed by atoms with Gasteiger partial charge in [0.15, 0.2) is 0 Å². The average molecular weight is 311 g/mol. The summed E-state index contributed by atoms with van der Waals surface area (Å²) >= 11 is 3.52. The summed E-state index contributed by atoms with van der Waals surface area (Å²) in [6.45, 7) is 2.16. The van der Waals surface area contributed by atoms with Crippen molar-refractivity contribution in [3.05, 3.63) is 34.3 Å². The van der Waals surface area contributed by atoms with E-state index in [0.29, 0.717) is 12.3 Å². The van der Waals surface area contributed by atoms with Crippen LogP contribution in [0.2, 0.25) is 0 Å². The Kier molecular flexibility index (Phi) is 4.10. The number of benzene rings is 1. The molecule has 0 aliphatic heterocycles. The number of rotatable bonds is 3. The van der Waals surface area contributed by atoms with E-state index in [0.717, 1.165) is 35.7 Å². The molecule has 0 heterocycles. The van der Waals surface area contributed by atoms with E-state index in [-0.39, 0.29) is 0 Å². The third-order valence-corrected chi connectivity index (χ3v) is 4.81. The monoisotopic (exact) mass is 310 g/mol. The first-order chi connectivity index (χ1) is 8.53.